The van der Waals surface area contributed by atoms with Gasteiger partial charge in [0.25, 0.3) is 0 Å². The Morgan fingerprint density at radius 2 is 1.84 bits per heavy atom. The van der Waals surface area contributed by atoms with Crippen molar-refractivity contribution in [3.05, 3.63) is 47.5 Å². The van der Waals surface area contributed by atoms with Gasteiger partial charge in [-0.25, -0.2) is 19.6 Å². The molecule has 3 aliphatic rings. The van der Waals surface area contributed by atoms with Crippen LogP contribution in [0.15, 0.2) is 30.7 Å². The zero-order valence-corrected chi connectivity index (χ0v) is 22.5. The number of hydrogen-bond acceptors (Lipinski definition) is 6. The highest BCUT2D eigenvalue weighted by Crippen LogP contribution is 2.43. The number of anilines is 3. The molecule has 0 aromatic carbocycles. The number of urea groups is 1. The highest BCUT2D eigenvalue weighted by molar-refractivity contribution is 6.03. The van der Waals surface area contributed by atoms with Gasteiger partial charge in [-0.1, -0.05) is 0 Å². The third-order valence-electron chi connectivity index (χ3n) is 7.34. The molecule has 1 saturated heterocycles. The number of imidazole rings is 1. The van der Waals surface area contributed by atoms with Gasteiger partial charge in [-0.3, -0.25) is 4.90 Å². The topological polar surface area (TPSA) is 95.3 Å². The standard InChI is InChI=1S/C28H35N7O3/c1-18-16-34-17-20(15-22(19-5-6-19)25(34)30-18)31-26(36)35-10-8-21-23(7-9-29-24(21)35)32-11-13-33(14-12-32)27(37)38-28(2,3)4/h7,9,15-17,19H,5-6,8,10-14H2,1-4H3,(H,31,36). The smallest absolute Gasteiger partial charge is 0.410 e. The summed E-state index contributed by atoms with van der Waals surface area (Å²) in [7, 11) is 0. The number of fused-ring (bicyclic) bond motifs is 2. The van der Waals surface area contributed by atoms with E-state index in [1.54, 1.807) is 16.0 Å². The van der Waals surface area contributed by atoms with Crippen LogP contribution in [0, 0.1) is 6.92 Å². The van der Waals surface area contributed by atoms with E-state index in [2.05, 4.69) is 26.3 Å². The number of ether oxygens (including phenoxy) is 1. The average molecular weight is 518 g/mol. The summed E-state index contributed by atoms with van der Waals surface area (Å²) in [5.74, 6) is 1.22. The Hall–Kier alpha value is -3.82. The van der Waals surface area contributed by atoms with Crippen molar-refractivity contribution >= 4 is 35.0 Å². The van der Waals surface area contributed by atoms with Crippen LogP contribution in [-0.2, 0) is 11.2 Å². The summed E-state index contributed by atoms with van der Waals surface area (Å²) in [6.45, 7) is 10.8. The highest BCUT2D eigenvalue weighted by atomic mass is 16.6. The molecule has 0 spiro atoms. The van der Waals surface area contributed by atoms with Crippen LogP contribution in [0.25, 0.3) is 5.65 Å². The molecule has 10 heteroatoms. The minimum Gasteiger partial charge on any atom is -0.444 e. The molecule has 0 atom stereocenters. The van der Waals surface area contributed by atoms with E-state index in [0.717, 1.165) is 47.5 Å². The van der Waals surface area contributed by atoms with E-state index in [9.17, 15) is 9.59 Å². The predicted octanol–water partition coefficient (Wildman–Crippen LogP) is 4.57. The Morgan fingerprint density at radius 1 is 1.08 bits per heavy atom. The summed E-state index contributed by atoms with van der Waals surface area (Å²) in [4.78, 5) is 40.9. The van der Waals surface area contributed by atoms with Crippen molar-refractivity contribution in [1.29, 1.82) is 0 Å². The second-order valence-electron chi connectivity index (χ2n) is 11.5. The van der Waals surface area contributed by atoms with E-state index in [4.69, 9.17) is 4.74 Å². The molecule has 2 aliphatic heterocycles. The van der Waals surface area contributed by atoms with E-state index in [-0.39, 0.29) is 12.1 Å². The highest BCUT2D eigenvalue weighted by Gasteiger charge is 2.33. The van der Waals surface area contributed by atoms with Crippen molar-refractivity contribution in [2.24, 2.45) is 0 Å². The number of piperazine rings is 1. The summed E-state index contributed by atoms with van der Waals surface area (Å²) in [5, 5.41) is 3.11. The number of carbonyl (C=O) groups is 2. The lowest BCUT2D eigenvalue weighted by molar-refractivity contribution is 0.0240. The second-order valence-corrected chi connectivity index (χ2v) is 11.5. The van der Waals surface area contributed by atoms with Crippen molar-refractivity contribution in [3.8, 4) is 0 Å². The first kappa shape index (κ1) is 24.5. The Kier molecular flexibility index (Phi) is 5.92. The third kappa shape index (κ3) is 4.75. The minimum atomic E-state index is -0.507. The van der Waals surface area contributed by atoms with E-state index < -0.39 is 5.60 Å². The maximum absolute atomic E-state index is 13.4. The quantitative estimate of drug-likeness (QED) is 0.547. The molecule has 1 N–H and O–H groups in total. The van der Waals surface area contributed by atoms with Crippen molar-refractivity contribution in [1.82, 2.24) is 19.3 Å². The first-order chi connectivity index (χ1) is 18.2. The fourth-order valence-corrected chi connectivity index (χ4v) is 5.43. The van der Waals surface area contributed by atoms with E-state index in [1.807, 2.05) is 50.6 Å². The molecule has 0 radical (unpaired) electrons. The number of rotatable bonds is 3. The molecule has 5 heterocycles. The molecule has 3 amide bonds. The molecular formula is C28H35N7O3. The molecular weight excluding hydrogens is 482 g/mol. The lowest BCUT2D eigenvalue weighted by Gasteiger charge is -2.37. The minimum absolute atomic E-state index is 0.180. The van der Waals surface area contributed by atoms with Gasteiger partial charge in [0.1, 0.15) is 17.1 Å². The molecule has 1 aliphatic carbocycles. The number of hydrogen-bond donors (Lipinski definition) is 1. The number of nitrogens with one attached hydrogen (secondary N) is 1. The van der Waals surface area contributed by atoms with Crippen LogP contribution in [0.3, 0.4) is 0 Å². The number of carbonyl (C=O) groups excluding carboxylic acids is 2. The number of aromatic nitrogens is 3. The van der Waals surface area contributed by atoms with Gasteiger partial charge in [-0.05, 0) is 65.0 Å². The van der Waals surface area contributed by atoms with Crippen molar-refractivity contribution in [2.75, 3.05) is 47.8 Å². The Balaban J connectivity index is 1.16. The summed E-state index contributed by atoms with van der Waals surface area (Å²) in [6.07, 6.45) is 8.50. The normalized spacial score (nSPS) is 17.6. The first-order valence-corrected chi connectivity index (χ1v) is 13.4. The maximum Gasteiger partial charge on any atom is 0.410 e. The van der Waals surface area contributed by atoms with Crippen LogP contribution in [0.5, 0.6) is 0 Å². The van der Waals surface area contributed by atoms with E-state index in [1.165, 1.54) is 5.56 Å². The molecule has 38 heavy (non-hydrogen) atoms. The lowest BCUT2D eigenvalue weighted by atomic mass is 10.1. The van der Waals surface area contributed by atoms with Gasteiger partial charge in [-0.15, -0.1) is 0 Å². The fourth-order valence-electron chi connectivity index (χ4n) is 5.43. The summed E-state index contributed by atoms with van der Waals surface area (Å²) < 4.78 is 7.55. The fraction of sp³-hybridized carbons (Fsp3) is 0.500. The van der Waals surface area contributed by atoms with Crippen molar-refractivity contribution in [3.63, 3.8) is 0 Å². The van der Waals surface area contributed by atoms with Gasteiger partial charge < -0.3 is 24.3 Å². The predicted molar refractivity (Wildman–Crippen MR) is 146 cm³/mol. The number of aryl methyl sites for hydroxylation is 1. The second kappa shape index (κ2) is 9.18. The molecule has 6 rings (SSSR count). The van der Waals surface area contributed by atoms with Crippen LogP contribution in [0.4, 0.5) is 26.8 Å². The zero-order chi connectivity index (χ0) is 26.6. The van der Waals surface area contributed by atoms with E-state index in [0.29, 0.717) is 44.5 Å². The van der Waals surface area contributed by atoms with Crippen LogP contribution < -0.4 is 15.1 Å². The lowest BCUT2D eigenvalue weighted by Crippen LogP contribution is -2.50. The molecule has 200 valence electrons. The number of pyridine rings is 2. The summed E-state index contributed by atoms with van der Waals surface area (Å²) in [5.41, 5.74) is 5.56. The van der Waals surface area contributed by atoms with E-state index >= 15 is 0 Å². The van der Waals surface area contributed by atoms with Crippen LogP contribution >= 0.6 is 0 Å². The van der Waals surface area contributed by atoms with Gasteiger partial charge in [-0.2, -0.15) is 0 Å². The van der Waals surface area contributed by atoms with Crippen molar-refractivity contribution in [2.45, 2.75) is 58.5 Å². The molecule has 0 bridgehead atoms. The van der Waals surface area contributed by atoms with Crippen molar-refractivity contribution < 1.29 is 14.3 Å². The van der Waals surface area contributed by atoms with Crippen LogP contribution in [0.2, 0.25) is 0 Å². The largest absolute Gasteiger partial charge is 0.444 e. The Bertz CT molecular complexity index is 1400. The van der Waals surface area contributed by atoms with Gasteiger partial charge in [0.05, 0.1) is 11.4 Å². The first-order valence-electron chi connectivity index (χ1n) is 13.4. The van der Waals surface area contributed by atoms with Gasteiger partial charge in [0.15, 0.2) is 0 Å². The summed E-state index contributed by atoms with van der Waals surface area (Å²) >= 11 is 0. The molecule has 2 fully saturated rings. The molecule has 3 aromatic heterocycles. The van der Waals surface area contributed by atoms with Gasteiger partial charge in [0.2, 0.25) is 0 Å². The Labute approximate surface area is 222 Å². The number of nitrogens with zero attached hydrogens (tertiary/aromatic N) is 6. The molecule has 1 saturated carbocycles. The molecule has 3 aromatic rings. The monoisotopic (exact) mass is 517 g/mol. The maximum atomic E-state index is 13.4. The van der Waals surface area contributed by atoms with Crippen LogP contribution in [0.1, 0.15) is 56.4 Å². The van der Waals surface area contributed by atoms with Gasteiger partial charge in [0, 0.05) is 68.1 Å². The molecule has 10 nitrogen and oxygen atoms in total. The third-order valence-corrected chi connectivity index (χ3v) is 7.34. The summed E-state index contributed by atoms with van der Waals surface area (Å²) in [6, 6.07) is 3.91. The SMILES string of the molecule is Cc1cn2cc(NC(=O)N3CCc4c(N5CCN(C(=O)OC(C)(C)C)CC5)ccnc43)cc(C3CC3)c2n1. The molecule has 0 unspecified atom stereocenters. The van der Waals surface area contributed by atoms with Crippen LogP contribution in [-0.4, -0.2) is 69.7 Å². The number of amides is 3. The zero-order valence-electron chi connectivity index (χ0n) is 22.5. The van der Waals surface area contributed by atoms with Gasteiger partial charge >= 0.3 is 12.1 Å². The average Bonchev–Trinajstić information content (AvgIpc) is 3.50. The Morgan fingerprint density at radius 3 is 2.55 bits per heavy atom.